The summed E-state index contributed by atoms with van der Waals surface area (Å²) >= 11 is 0. The van der Waals surface area contributed by atoms with Crippen LogP contribution < -0.4 is 10.1 Å². The summed E-state index contributed by atoms with van der Waals surface area (Å²) in [5.41, 5.74) is 1.27. The molecule has 3 aromatic rings. The van der Waals surface area contributed by atoms with Crippen molar-refractivity contribution in [3.63, 3.8) is 0 Å². The summed E-state index contributed by atoms with van der Waals surface area (Å²) in [6.07, 6.45) is 1.56. The maximum atomic E-state index is 13.1. The Kier molecular flexibility index (Phi) is 5.41. The zero-order chi connectivity index (χ0) is 20.2. The van der Waals surface area contributed by atoms with Gasteiger partial charge in [0.05, 0.1) is 12.3 Å². The fraction of sp³-hybridized carbons (Fsp3) is 0.286. The highest BCUT2D eigenvalue weighted by Gasteiger charge is 2.34. The van der Waals surface area contributed by atoms with Crippen molar-refractivity contribution >= 4 is 11.7 Å². The molecule has 2 amide bonds. The van der Waals surface area contributed by atoms with E-state index in [4.69, 9.17) is 9.26 Å². The van der Waals surface area contributed by atoms with Crippen molar-refractivity contribution in [3.8, 4) is 17.1 Å². The lowest BCUT2D eigenvalue weighted by Crippen LogP contribution is -2.34. The number of nitrogens with one attached hydrogen (secondary N) is 1. The standard InChI is InChI=1S/C21H21FN4O3/c1-2-28-18-8-4-3-6-16(18)23-21(27)26-13-5-7-17(26)20-24-19(25-29-20)14-9-11-15(22)12-10-14/h3-4,6,8-12,17H,2,5,7,13H2,1H3,(H,23,27)/t17-/m1/s1. The SMILES string of the molecule is CCOc1ccccc1NC(=O)N1CCC[C@@H]1c1nc(-c2ccc(F)cc2)no1. The molecule has 0 spiro atoms. The van der Waals surface area contributed by atoms with E-state index in [1.165, 1.54) is 12.1 Å². The van der Waals surface area contributed by atoms with E-state index >= 15 is 0 Å². The molecular formula is C21H21FN4O3. The number of hydrogen-bond donors (Lipinski definition) is 1. The number of aromatic nitrogens is 2. The molecule has 0 saturated carbocycles. The van der Waals surface area contributed by atoms with Crippen molar-refractivity contribution in [2.24, 2.45) is 0 Å². The van der Waals surface area contributed by atoms with E-state index in [2.05, 4.69) is 15.5 Å². The topological polar surface area (TPSA) is 80.5 Å². The van der Waals surface area contributed by atoms with Crippen LogP contribution in [-0.4, -0.2) is 34.2 Å². The van der Waals surface area contributed by atoms with Gasteiger partial charge in [0.15, 0.2) is 0 Å². The number of carbonyl (C=O) groups is 1. The summed E-state index contributed by atoms with van der Waals surface area (Å²) in [6, 6.07) is 12.6. The zero-order valence-corrected chi connectivity index (χ0v) is 16.0. The molecule has 4 rings (SSSR count). The normalized spacial score (nSPS) is 16.1. The second-order valence-corrected chi connectivity index (χ2v) is 6.67. The summed E-state index contributed by atoms with van der Waals surface area (Å²) in [5.74, 6) is 1.03. The lowest BCUT2D eigenvalue weighted by atomic mass is 10.2. The molecule has 7 nitrogen and oxygen atoms in total. The maximum Gasteiger partial charge on any atom is 0.322 e. The Morgan fingerprint density at radius 1 is 1.28 bits per heavy atom. The highest BCUT2D eigenvalue weighted by Crippen LogP contribution is 2.33. The van der Waals surface area contributed by atoms with Crippen molar-refractivity contribution < 1.29 is 18.4 Å². The van der Waals surface area contributed by atoms with Crippen LogP contribution in [0.3, 0.4) is 0 Å². The van der Waals surface area contributed by atoms with Gasteiger partial charge >= 0.3 is 6.03 Å². The number of nitrogens with zero attached hydrogens (tertiary/aromatic N) is 3. The van der Waals surface area contributed by atoms with Gasteiger partial charge in [0, 0.05) is 12.1 Å². The number of hydrogen-bond acceptors (Lipinski definition) is 5. The zero-order valence-electron chi connectivity index (χ0n) is 16.0. The summed E-state index contributed by atoms with van der Waals surface area (Å²) in [7, 11) is 0. The molecule has 0 bridgehead atoms. The third-order valence-electron chi connectivity index (χ3n) is 4.77. The number of para-hydroxylation sites is 2. The Morgan fingerprint density at radius 3 is 2.86 bits per heavy atom. The number of anilines is 1. The average molecular weight is 396 g/mol. The maximum absolute atomic E-state index is 13.1. The summed E-state index contributed by atoms with van der Waals surface area (Å²) < 4.78 is 24.1. The molecule has 1 aliphatic heterocycles. The number of amides is 2. The van der Waals surface area contributed by atoms with Crippen molar-refractivity contribution in [1.29, 1.82) is 0 Å². The molecular weight excluding hydrogens is 375 g/mol. The van der Waals surface area contributed by atoms with Gasteiger partial charge in [-0.3, -0.25) is 0 Å². The molecule has 0 unspecified atom stereocenters. The minimum Gasteiger partial charge on any atom is -0.492 e. The van der Waals surface area contributed by atoms with E-state index in [0.717, 1.165) is 12.8 Å². The molecule has 0 radical (unpaired) electrons. The van der Waals surface area contributed by atoms with Crippen molar-refractivity contribution in [2.75, 3.05) is 18.5 Å². The highest BCUT2D eigenvalue weighted by atomic mass is 19.1. The van der Waals surface area contributed by atoms with Crippen LogP contribution in [0, 0.1) is 5.82 Å². The van der Waals surface area contributed by atoms with E-state index in [1.807, 2.05) is 25.1 Å². The number of rotatable bonds is 5. The van der Waals surface area contributed by atoms with E-state index in [-0.39, 0.29) is 17.9 Å². The van der Waals surface area contributed by atoms with Crippen LogP contribution in [0.4, 0.5) is 14.9 Å². The number of likely N-dealkylation sites (tertiary alicyclic amines) is 1. The molecule has 2 aromatic carbocycles. The molecule has 8 heteroatoms. The number of halogens is 1. The predicted octanol–water partition coefficient (Wildman–Crippen LogP) is 4.64. The van der Waals surface area contributed by atoms with Crippen molar-refractivity contribution in [3.05, 3.63) is 60.2 Å². The van der Waals surface area contributed by atoms with E-state index in [9.17, 15) is 9.18 Å². The molecule has 1 saturated heterocycles. The monoisotopic (exact) mass is 396 g/mol. The van der Waals surface area contributed by atoms with E-state index in [0.29, 0.717) is 41.9 Å². The third kappa shape index (κ3) is 4.06. The second-order valence-electron chi connectivity index (χ2n) is 6.67. The quantitative estimate of drug-likeness (QED) is 0.679. The molecule has 1 fully saturated rings. The Labute approximate surface area is 167 Å². The Bertz CT molecular complexity index is 990. The van der Waals surface area contributed by atoms with Gasteiger partial charge in [-0.15, -0.1) is 0 Å². The number of urea groups is 1. The third-order valence-corrected chi connectivity index (χ3v) is 4.77. The van der Waals surface area contributed by atoms with E-state index in [1.54, 1.807) is 23.1 Å². The van der Waals surface area contributed by atoms with Crippen molar-refractivity contribution in [2.45, 2.75) is 25.8 Å². The van der Waals surface area contributed by atoms with Crippen molar-refractivity contribution in [1.82, 2.24) is 15.0 Å². The first-order valence-corrected chi connectivity index (χ1v) is 9.54. The number of benzene rings is 2. The van der Waals surface area contributed by atoms with Crippen LogP contribution >= 0.6 is 0 Å². The minimum absolute atomic E-state index is 0.249. The summed E-state index contributed by atoms with van der Waals surface area (Å²) in [5, 5.41) is 6.90. The van der Waals surface area contributed by atoms with Gasteiger partial charge in [0.2, 0.25) is 11.7 Å². The number of ether oxygens (including phenoxy) is 1. The summed E-state index contributed by atoms with van der Waals surface area (Å²) in [4.78, 5) is 19.0. The smallest absolute Gasteiger partial charge is 0.322 e. The lowest BCUT2D eigenvalue weighted by molar-refractivity contribution is 0.193. The molecule has 2 heterocycles. The highest BCUT2D eigenvalue weighted by molar-refractivity contribution is 5.91. The van der Waals surface area contributed by atoms with Crippen LogP contribution in [0.1, 0.15) is 31.7 Å². The fourth-order valence-corrected chi connectivity index (χ4v) is 3.39. The fourth-order valence-electron chi connectivity index (χ4n) is 3.39. The second kappa shape index (κ2) is 8.30. The first kappa shape index (κ1) is 18.9. The van der Waals surface area contributed by atoms with Crippen LogP contribution in [0.25, 0.3) is 11.4 Å². The van der Waals surface area contributed by atoms with Gasteiger partial charge in [-0.05, 0) is 56.2 Å². The van der Waals surface area contributed by atoms with Crippen LogP contribution in [0.2, 0.25) is 0 Å². The van der Waals surface area contributed by atoms with Gasteiger partial charge < -0.3 is 19.5 Å². The Balaban J connectivity index is 1.51. The van der Waals surface area contributed by atoms with Crippen LogP contribution in [0.15, 0.2) is 53.1 Å². The first-order chi connectivity index (χ1) is 14.2. The molecule has 150 valence electrons. The molecule has 0 aliphatic carbocycles. The lowest BCUT2D eigenvalue weighted by Gasteiger charge is -2.23. The van der Waals surface area contributed by atoms with Gasteiger partial charge in [-0.2, -0.15) is 4.98 Å². The molecule has 1 atom stereocenters. The first-order valence-electron chi connectivity index (χ1n) is 9.54. The largest absolute Gasteiger partial charge is 0.492 e. The van der Waals surface area contributed by atoms with Gasteiger partial charge in [0.25, 0.3) is 0 Å². The van der Waals surface area contributed by atoms with Gasteiger partial charge in [0.1, 0.15) is 17.6 Å². The average Bonchev–Trinajstić information content (AvgIpc) is 3.39. The predicted molar refractivity (Wildman–Crippen MR) is 105 cm³/mol. The Morgan fingerprint density at radius 2 is 2.07 bits per heavy atom. The molecule has 1 N–H and O–H groups in total. The Hall–Kier alpha value is -3.42. The molecule has 1 aliphatic rings. The number of carbonyl (C=O) groups excluding carboxylic acids is 1. The van der Waals surface area contributed by atoms with Crippen LogP contribution in [-0.2, 0) is 0 Å². The van der Waals surface area contributed by atoms with Crippen LogP contribution in [0.5, 0.6) is 5.75 Å². The molecule has 29 heavy (non-hydrogen) atoms. The summed E-state index contributed by atoms with van der Waals surface area (Å²) in [6.45, 7) is 2.98. The molecule has 1 aromatic heterocycles. The van der Waals surface area contributed by atoms with Gasteiger partial charge in [-0.25, -0.2) is 9.18 Å². The minimum atomic E-state index is -0.330. The van der Waals surface area contributed by atoms with E-state index < -0.39 is 0 Å². The van der Waals surface area contributed by atoms with Gasteiger partial charge in [-0.1, -0.05) is 17.3 Å².